The molecule has 0 bridgehead atoms. The highest BCUT2D eigenvalue weighted by molar-refractivity contribution is 6.44. The summed E-state index contributed by atoms with van der Waals surface area (Å²) in [5.74, 6) is 0. The van der Waals surface area contributed by atoms with Crippen LogP contribution in [0.5, 0.6) is 0 Å². The van der Waals surface area contributed by atoms with Gasteiger partial charge in [0.1, 0.15) is 11.0 Å². The molecular weight excluding hydrogens is 244 g/mol. The van der Waals surface area contributed by atoms with Gasteiger partial charge in [0.2, 0.25) is 0 Å². The van der Waals surface area contributed by atoms with E-state index >= 15 is 0 Å². The topological polar surface area (TPSA) is 13.1 Å². The highest BCUT2D eigenvalue weighted by Crippen LogP contribution is 2.22. The number of benzene rings is 2. The normalized spacial score (nSPS) is 14.5. The Morgan fingerprint density at radius 2 is 1.94 bits per heavy atom. The molecule has 0 spiro atoms. The predicted octanol–water partition coefficient (Wildman–Crippen LogP) is 3.75. The molecule has 0 fully saturated rings. The highest BCUT2D eigenvalue weighted by Gasteiger charge is 2.07. The fourth-order valence-corrected chi connectivity index (χ4v) is 2.56. The van der Waals surface area contributed by atoms with Gasteiger partial charge in [-0.25, -0.2) is 0 Å². The van der Waals surface area contributed by atoms with Gasteiger partial charge in [0, 0.05) is 10.6 Å². The van der Waals surface area contributed by atoms with Crippen LogP contribution in [0.4, 0.5) is 0 Å². The molecule has 0 unspecified atom stereocenters. The van der Waals surface area contributed by atoms with Crippen LogP contribution in [-0.2, 0) is 0 Å². The molecule has 3 aromatic rings. The van der Waals surface area contributed by atoms with Gasteiger partial charge < -0.3 is 4.42 Å². The standard InChI is InChI=1S/C16H13ClO/c1-3-12-15-13-7-5-4-6-11(13)8-9-14(15)18-16(12)10(2)17/h3-9H,1-2H3/b12-3-,16-10-. The average Bonchev–Trinajstić information content (AvgIpc) is 2.77. The maximum absolute atomic E-state index is 6.11. The number of halogens is 1. The fourth-order valence-electron chi connectivity index (χ4n) is 2.42. The third-order valence-corrected chi connectivity index (χ3v) is 3.39. The lowest BCUT2D eigenvalue weighted by Crippen LogP contribution is -2.20. The molecule has 0 amide bonds. The average molecular weight is 257 g/mol. The van der Waals surface area contributed by atoms with Crippen molar-refractivity contribution in [3.8, 4) is 0 Å². The molecule has 1 heterocycles. The Bertz CT molecular complexity index is 852. The molecule has 0 atom stereocenters. The second kappa shape index (κ2) is 4.18. The number of hydrogen-bond donors (Lipinski definition) is 0. The Morgan fingerprint density at radius 3 is 2.67 bits per heavy atom. The predicted molar refractivity (Wildman–Crippen MR) is 78.0 cm³/mol. The van der Waals surface area contributed by atoms with Crippen molar-refractivity contribution < 1.29 is 4.42 Å². The summed E-state index contributed by atoms with van der Waals surface area (Å²) in [4.78, 5) is 0. The molecule has 3 rings (SSSR count). The first-order valence-electron chi connectivity index (χ1n) is 5.95. The first kappa shape index (κ1) is 11.4. The zero-order valence-electron chi connectivity index (χ0n) is 10.3. The van der Waals surface area contributed by atoms with Gasteiger partial charge in [-0.1, -0.05) is 48.0 Å². The van der Waals surface area contributed by atoms with Crippen LogP contribution < -0.4 is 10.6 Å². The van der Waals surface area contributed by atoms with Crippen LogP contribution in [0.3, 0.4) is 0 Å². The number of fused-ring (bicyclic) bond motifs is 3. The van der Waals surface area contributed by atoms with E-state index in [0.29, 0.717) is 5.03 Å². The number of rotatable bonds is 0. The van der Waals surface area contributed by atoms with Crippen molar-refractivity contribution in [1.82, 2.24) is 0 Å². The first-order chi connectivity index (χ1) is 8.72. The molecule has 0 saturated heterocycles. The van der Waals surface area contributed by atoms with Crippen LogP contribution in [0, 0.1) is 0 Å². The molecule has 0 aliphatic carbocycles. The van der Waals surface area contributed by atoms with Crippen LogP contribution in [-0.4, -0.2) is 0 Å². The quantitative estimate of drug-likeness (QED) is 0.597. The Labute approximate surface area is 110 Å². The smallest absolute Gasteiger partial charge is 0.149 e. The lowest BCUT2D eigenvalue weighted by Gasteiger charge is -1.97. The van der Waals surface area contributed by atoms with Crippen molar-refractivity contribution in [3.63, 3.8) is 0 Å². The van der Waals surface area contributed by atoms with Crippen molar-refractivity contribution in [2.75, 3.05) is 0 Å². The van der Waals surface area contributed by atoms with Crippen LogP contribution >= 0.6 is 11.6 Å². The van der Waals surface area contributed by atoms with Gasteiger partial charge in [-0.15, -0.1) is 0 Å². The lowest BCUT2D eigenvalue weighted by molar-refractivity contribution is 0.574. The lowest BCUT2D eigenvalue weighted by atomic mass is 10.1. The molecule has 2 aromatic carbocycles. The summed E-state index contributed by atoms with van der Waals surface area (Å²) in [6, 6.07) is 12.4. The second-order valence-corrected chi connectivity index (χ2v) is 4.89. The summed E-state index contributed by atoms with van der Waals surface area (Å²) in [7, 11) is 0. The van der Waals surface area contributed by atoms with Crippen molar-refractivity contribution in [1.29, 1.82) is 0 Å². The number of hydrogen-bond acceptors (Lipinski definition) is 1. The molecule has 1 aromatic heterocycles. The van der Waals surface area contributed by atoms with E-state index in [-0.39, 0.29) is 0 Å². The molecule has 0 radical (unpaired) electrons. The van der Waals surface area contributed by atoms with Crippen molar-refractivity contribution in [2.45, 2.75) is 13.8 Å². The summed E-state index contributed by atoms with van der Waals surface area (Å²) >= 11 is 6.11. The van der Waals surface area contributed by atoms with Crippen LogP contribution in [0.1, 0.15) is 13.8 Å². The van der Waals surface area contributed by atoms with Gasteiger partial charge in [0.05, 0.1) is 5.03 Å². The van der Waals surface area contributed by atoms with Gasteiger partial charge in [-0.2, -0.15) is 0 Å². The second-order valence-electron chi connectivity index (χ2n) is 4.33. The van der Waals surface area contributed by atoms with Gasteiger partial charge in [-0.3, -0.25) is 0 Å². The molecule has 90 valence electrons. The Balaban J connectivity index is 2.72. The van der Waals surface area contributed by atoms with E-state index < -0.39 is 0 Å². The Kier molecular flexibility index (Phi) is 2.64. The van der Waals surface area contributed by atoms with E-state index in [0.717, 1.165) is 21.6 Å². The summed E-state index contributed by atoms with van der Waals surface area (Å²) < 4.78 is 5.86. The monoisotopic (exact) mass is 256 g/mol. The van der Waals surface area contributed by atoms with E-state index in [2.05, 4.69) is 24.3 Å². The Hall–Kier alpha value is -1.73. The minimum absolute atomic E-state index is 0.684. The molecule has 0 saturated carbocycles. The zero-order chi connectivity index (χ0) is 12.7. The summed E-state index contributed by atoms with van der Waals surface area (Å²) in [5.41, 5.74) is 1.65. The molecule has 0 aliphatic heterocycles. The van der Waals surface area contributed by atoms with E-state index in [4.69, 9.17) is 16.0 Å². The van der Waals surface area contributed by atoms with Crippen LogP contribution in [0.15, 0.2) is 40.8 Å². The minimum atomic E-state index is 0.684. The zero-order valence-corrected chi connectivity index (χ0v) is 11.1. The molecule has 0 aliphatic rings. The Morgan fingerprint density at radius 1 is 1.17 bits per heavy atom. The largest absolute Gasteiger partial charge is 0.455 e. The summed E-state index contributed by atoms with van der Waals surface area (Å²) in [5, 5.41) is 5.33. The summed E-state index contributed by atoms with van der Waals surface area (Å²) in [6.45, 7) is 3.86. The van der Waals surface area contributed by atoms with Crippen molar-refractivity contribution in [2.24, 2.45) is 0 Å². The van der Waals surface area contributed by atoms with Gasteiger partial charge >= 0.3 is 0 Å². The maximum atomic E-state index is 6.11. The van der Waals surface area contributed by atoms with Crippen molar-refractivity contribution >= 4 is 44.5 Å². The van der Waals surface area contributed by atoms with Gasteiger partial charge in [0.25, 0.3) is 0 Å². The SMILES string of the molecule is C/C=c1\c(=C(/C)Cl)oc2ccc3ccccc3c12. The van der Waals surface area contributed by atoms with E-state index in [1.807, 2.05) is 32.0 Å². The van der Waals surface area contributed by atoms with Crippen LogP contribution in [0.25, 0.3) is 32.8 Å². The third-order valence-electron chi connectivity index (χ3n) is 3.22. The van der Waals surface area contributed by atoms with E-state index in [1.54, 1.807) is 0 Å². The van der Waals surface area contributed by atoms with E-state index in [1.165, 1.54) is 10.8 Å². The fraction of sp³-hybridized carbons (Fsp3) is 0.125. The molecule has 0 N–H and O–H groups in total. The molecule has 18 heavy (non-hydrogen) atoms. The first-order valence-corrected chi connectivity index (χ1v) is 6.33. The summed E-state index contributed by atoms with van der Waals surface area (Å²) in [6.07, 6.45) is 2.06. The third kappa shape index (κ3) is 1.55. The van der Waals surface area contributed by atoms with Gasteiger partial charge in [0.15, 0.2) is 0 Å². The molecule has 2 heteroatoms. The maximum Gasteiger partial charge on any atom is 0.149 e. The highest BCUT2D eigenvalue weighted by atomic mass is 35.5. The molecular formula is C16H13ClO. The van der Waals surface area contributed by atoms with Crippen LogP contribution in [0.2, 0.25) is 0 Å². The van der Waals surface area contributed by atoms with E-state index in [9.17, 15) is 0 Å². The van der Waals surface area contributed by atoms with Gasteiger partial charge in [-0.05, 0) is 30.7 Å². The minimum Gasteiger partial charge on any atom is -0.455 e. The van der Waals surface area contributed by atoms with Crippen molar-refractivity contribution in [3.05, 3.63) is 47.0 Å². The number of furan rings is 1. The molecule has 1 nitrogen and oxygen atoms in total.